The Bertz CT molecular complexity index is 1720. The summed E-state index contributed by atoms with van der Waals surface area (Å²) in [5.41, 5.74) is 3.50. The Morgan fingerprint density at radius 3 is 2.75 bits per heavy atom. The summed E-state index contributed by atoms with van der Waals surface area (Å²) in [5.74, 6) is -1.80. The van der Waals surface area contributed by atoms with Crippen LogP contribution in [0.5, 0.6) is 0 Å². The molecule has 10 heteroatoms. The quantitative estimate of drug-likeness (QED) is 0.280. The molecule has 0 atom stereocenters. The van der Waals surface area contributed by atoms with E-state index >= 15 is 0 Å². The number of nitrogens with zero attached hydrogens (tertiary/aromatic N) is 2. The van der Waals surface area contributed by atoms with Gasteiger partial charge in [-0.15, -0.1) is 0 Å². The molecule has 5 rings (SSSR count). The minimum Gasteiger partial charge on any atom is -0.351 e. The van der Waals surface area contributed by atoms with E-state index in [9.17, 15) is 17.6 Å². The van der Waals surface area contributed by atoms with Crippen molar-refractivity contribution in [1.29, 1.82) is 0 Å². The number of anilines is 2. The number of aromatic nitrogens is 3. The Kier molecular flexibility index (Phi) is 5.97. The molecular weight excluding hydrogens is 481 g/mol. The Morgan fingerprint density at radius 2 is 1.94 bits per heavy atom. The number of aromatic amines is 1. The number of carbonyl (C=O) groups is 1. The smallest absolute Gasteiger partial charge is 0.258 e. The number of rotatable bonds is 7. The lowest BCUT2D eigenvalue weighted by Gasteiger charge is -2.11. The molecule has 0 spiro atoms. The topological polar surface area (TPSA) is 109 Å². The number of benzene rings is 2. The Morgan fingerprint density at radius 1 is 1.11 bits per heavy atom. The predicted octanol–water partition coefficient (Wildman–Crippen LogP) is 5.26. The molecule has 2 aromatic carbocycles. The molecule has 3 aromatic heterocycles. The fraction of sp³-hybridized carbons (Fsp3) is 0.154. The van der Waals surface area contributed by atoms with Gasteiger partial charge in [-0.1, -0.05) is 19.1 Å². The third-order valence-corrected chi connectivity index (χ3v) is 7.38. The molecule has 0 fully saturated rings. The van der Waals surface area contributed by atoms with E-state index in [1.807, 2.05) is 25.4 Å². The van der Waals surface area contributed by atoms with Gasteiger partial charge in [0.15, 0.2) is 5.82 Å². The highest BCUT2D eigenvalue weighted by Gasteiger charge is 2.19. The second-order valence-electron chi connectivity index (χ2n) is 8.59. The largest absolute Gasteiger partial charge is 0.351 e. The predicted molar refractivity (Wildman–Crippen MR) is 140 cm³/mol. The lowest BCUT2D eigenvalue weighted by atomic mass is 10.1. The first-order chi connectivity index (χ1) is 17.2. The molecule has 0 saturated heterocycles. The van der Waals surface area contributed by atoms with Gasteiger partial charge in [-0.3, -0.25) is 9.52 Å². The van der Waals surface area contributed by atoms with E-state index in [-0.39, 0.29) is 17.0 Å². The van der Waals surface area contributed by atoms with Crippen molar-refractivity contribution in [3.05, 3.63) is 78.4 Å². The van der Waals surface area contributed by atoms with Crippen molar-refractivity contribution >= 4 is 49.2 Å². The highest BCUT2D eigenvalue weighted by molar-refractivity contribution is 7.92. The van der Waals surface area contributed by atoms with Gasteiger partial charge in [-0.05, 0) is 54.4 Å². The average molecular weight is 506 g/mol. The van der Waals surface area contributed by atoms with Crippen molar-refractivity contribution < 1.29 is 17.6 Å². The molecule has 0 aliphatic carbocycles. The molecule has 0 aliphatic heterocycles. The second kappa shape index (κ2) is 9.12. The summed E-state index contributed by atoms with van der Waals surface area (Å²) in [6.45, 7) is 1.71. The van der Waals surface area contributed by atoms with Crippen LogP contribution in [0.1, 0.15) is 23.7 Å². The van der Waals surface area contributed by atoms with Crippen molar-refractivity contribution in [1.82, 2.24) is 14.5 Å². The van der Waals surface area contributed by atoms with Crippen LogP contribution in [0.4, 0.5) is 15.8 Å². The number of H-pyrrole nitrogens is 1. The summed E-state index contributed by atoms with van der Waals surface area (Å²) in [6.07, 6.45) is 3.87. The van der Waals surface area contributed by atoms with Crippen LogP contribution in [0.25, 0.3) is 33.2 Å². The number of aryl methyl sites for hydroxylation is 1. The van der Waals surface area contributed by atoms with E-state index < -0.39 is 21.7 Å². The molecule has 0 saturated carbocycles. The van der Waals surface area contributed by atoms with Gasteiger partial charge in [0, 0.05) is 35.2 Å². The number of fused-ring (bicyclic) bond motifs is 2. The molecule has 0 bridgehead atoms. The maximum absolute atomic E-state index is 14.9. The van der Waals surface area contributed by atoms with Crippen molar-refractivity contribution in [3.8, 4) is 11.3 Å². The first-order valence-corrected chi connectivity index (χ1v) is 13.0. The van der Waals surface area contributed by atoms with Crippen LogP contribution in [-0.2, 0) is 17.1 Å². The van der Waals surface area contributed by atoms with E-state index in [0.717, 1.165) is 27.5 Å². The average Bonchev–Trinajstić information content (AvgIpc) is 3.43. The maximum atomic E-state index is 14.9. The minimum absolute atomic E-state index is 0.146. The molecule has 0 aliphatic rings. The zero-order chi connectivity index (χ0) is 25.4. The number of hydrogen-bond donors (Lipinski definition) is 3. The third kappa shape index (κ3) is 4.55. The van der Waals surface area contributed by atoms with Crippen molar-refractivity contribution in [2.24, 2.45) is 7.05 Å². The zero-order valence-electron chi connectivity index (χ0n) is 19.7. The molecule has 0 radical (unpaired) electrons. The van der Waals surface area contributed by atoms with E-state index in [1.165, 1.54) is 24.4 Å². The highest BCUT2D eigenvalue weighted by Crippen LogP contribution is 2.28. The van der Waals surface area contributed by atoms with Crippen LogP contribution in [-0.4, -0.2) is 34.6 Å². The summed E-state index contributed by atoms with van der Waals surface area (Å²) < 4.78 is 43.3. The molecule has 0 unspecified atom stereocenters. The van der Waals surface area contributed by atoms with E-state index in [4.69, 9.17) is 0 Å². The minimum atomic E-state index is -3.70. The lowest BCUT2D eigenvalue weighted by molar-refractivity contribution is 0.102. The number of nitrogens with one attached hydrogen (secondary N) is 3. The number of pyridine rings is 1. The molecular formula is C26H24FN5O3S. The molecule has 1 amide bonds. The van der Waals surface area contributed by atoms with Gasteiger partial charge in [0.05, 0.1) is 28.9 Å². The number of halogens is 1. The van der Waals surface area contributed by atoms with Gasteiger partial charge in [0.25, 0.3) is 5.91 Å². The van der Waals surface area contributed by atoms with E-state index in [1.54, 1.807) is 13.0 Å². The highest BCUT2D eigenvalue weighted by atomic mass is 32.2. The van der Waals surface area contributed by atoms with E-state index in [2.05, 4.69) is 42.8 Å². The molecule has 8 nitrogen and oxygen atoms in total. The van der Waals surface area contributed by atoms with Crippen LogP contribution >= 0.6 is 0 Å². The van der Waals surface area contributed by atoms with Gasteiger partial charge < -0.3 is 14.9 Å². The number of carbonyl (C=O) groups excluding carboxylic acids is 1. The van der Waals surface area contributed by atoms with Crippen molar-refractivity contribution in [2.45, 2.75) is 13.3 Å². The normalized spacial score (nSPS) is 11.8. The first-order valence-electron chi connectivity index (χ1n) is 11.4. The second-order valence-corrected chi connectivity index (χ2v) is 10.4. The Hall–Kier alpha value is -4.18. The Labute approximate surface area is 207 Å². The van der Waals surface area contributed by atoms with Gasteiger partial charge in [0.1, 0.15) is 5.65 Å². The molecule has 184 valence electrons. The summed E-state index contributed by atoms with van der Waals surface area (Å²) in [6, 6.07) is 15.9. The molecule has 36 heavy (non-hydrogen) atoms. The fourth-order valence-corrected chi connectivity index (χ4v) is 5.29. The van der Waals surface area contributed by atoms with E-state index in [0.29, 0.717) is 17.8 Å². The van der Waals surface area contributed by atoms with Crippen LogP contribution < -0.4 is 10.0 Å². The maximum Gasteiger partial charge on any atom is 0.258 e. The molecule has 3 N–H and O–H groups in total. The van der Waals surface area contributed by atoms with Crippen LogP contribution in [0.2, 0.25) is 0 Å². The molecule has 3 heterocycles. The van der Waals surface area contributed by atoms with Crippen LogP contribution in [0, 0.1) is 5.82 Å². The number of sulfonamides is 1. The van der Waals surface area contributed by atoms with Crippen LogP contribution in [0.15, 0.2) is 67.0 Å². The zero-order valence-corrected chi connectivity index (χ0v) is 20.5. The van der Waals surface area contributed by atoms with Gasteiger partial charge in [-0.25, -0.2) is 17.8 Å². The van der Waals surface area contributed by atoms with Gasteiger partial charge in [0.2, 0.25) is 10.0 Å². The van der Waals surface area contributed by atoms with Crippen molar-refractivity contribution in [2.75, 3.05) is 15.8 Å². The SMILES string of the molecule is CCCS(=O)(=O)Nc1cccc(C(=O)Nc2cnc3[nH]c(-c4ccc5c(ccn5C)c4)cc3c2)c1F. The Balaban J connectivity index is 1.39. The monoisotopic (exact) mass is 505 g/mol. The van der Waals surface area contributed by atoms with Gasteiger partial charge in [-0.2, -0.15) is 0 Å². The third-order valence-electron chi connectivity index (χ3n) is 5.91. The number of amides is 1. The van der Waals surface area contributed by atoms with Crippen LogP contribution in [0.3, 0.4) is 0 Å². The first kappa shape index (κ1) is 23.6. The summed E-state index contributed by atoms with van der Waals surface area (Å²) in [5, 5.41) is 4.54. The summed E-state index contributed by atoms with van der Waals surface area (Å²) >= 11 is 0. The fourth-order valence-electron chi connectivity index (χ4n) is 4.16. The van der Waals surface area contributed by atoms with Gasteiger partial charge >= 0.3 is 0 Å². The molecule has 5 aromatic rings. The summed E-state index contributed by atoms with van der Waals surface area (Å²) in [7, 11) is -1.70. The standard InChI is InChI=1S/C26H24FN5O3S/c1-3-11-36(34,35)31-21-6-4-5-20(24(21)27)26(33)29-19-13-18-14-22(30-25(18)28-15-19)16-7-8-23-17(12-16)9-10-32(23)2/h4-10,12-15,31H,3,11H2,1-2H3,(H,28,30)(H,29,33). The number of hydrogen-bond acceptors (Lipinski definition) is 4. The van der Waals surface area contributed by atoms with Crippen molar-refractivity contribution in [3.63, 3.8) is 0 Å². The lowest BCUT2D eigenvalue weighted by Crippen LogP contribution is -2.19. The summed E-state index contributed by atoms with van der Waals surface area (Å²) in [4.78, 5) is 20.5.